The monoisotopic (exact) mass is 391 g/mol. The van der Waals surface area contributed by atoms with E-state index in [2.05, 4.69) is 25.3 Å². The maximum absolute atomic E-state index is 14.1. The number of hydrogen-bond donors (Lipinski definition) is 3. The smallest absolute Gasteiger partial charge is 0.229 e. The molecule has 0 bridgehead atoms. The number of halogens is 2. The number of anilines is 5. The van der Waals surface area contributed by atoms with Gasteiger partial charge in [0.1, 0.15) is 11.0 Å². The van der Waals surface area contributed by atoms with Crippen LogP contribution in [0.15, 0.2) is 54.7 Å². The summed E-state index contributed by atoms with van der Waals surface area (Å²) < 4.78 is 28.3. The van der Waals surface area contributed by atoms with Crippen molar-refractivity contribution in [3.63, 3.8) is 0 Å². The SMILES string of the molecule is CS(=O)Nc1ccccc1Nc1nc(Nc2ccc(Cl)cc2)ncc1F. The molecule has 0 aliphatic carbocycles. The van der Waals surface area contributed by atoms with Gasteiger partial charge in [-0.05, 0) is 36.4 Å². The zero-order valence-electron chi connectivity index (χ0n) is 13.7. The van der Waals surface area contributed by atoms with Crippen LogP contribution in [0.25, 0.3) is 0 Å². The Morgan fingerprint density at radius 1 is 1.04 bits per heavy atom. The zero-order chi connectivity index (χ0) is 18.5. The van der Waals surface area contributed by atoms with Crippen molar-refractivity contribution in [3.05, 3.63) is 65.6 Å². The first-order chi connectivity index (χ1) is 12.5. The van der Waals surface area contributed by atoms with Crippen molar-refractivity contribution in [2.24, 2.45) is 0 Å². The van der Waals surface area contributed by atoms with E-state index in [1.165, 1.54) is 6.26 Å². The molecule has 0 radical (unpaired) electrons. The minimum absolute atomic E-state index is 0.00685. The molecule has 1 unspecified atom stereocenters. The molecule has 0 aliphatic heterocycles. The van der Waals surface area contributed by atoms with Crippen LogP contribution in [0.2, 0.25) is 5.02 Å². The van der Waals surface area contributed by atoms with Crippen molar-refractivity contribution in [1.82, 2.24) is 9.97 Å². The molecule has 0 aliphatic rings. The van der Waals surface area contributed by atoms with Gasteiger partial charge in [-0.1, -0.05) is 23.7 Å². The van der Waals surface area contributed by atoms with Crippen molar-refractivity contribution in [3.8, 4) is 0 Å². The van der Waals surface area contributed by atoms with E-state index in [-0.39, 0.29) is 11.8 Å². The second kappa shape index (κ2) is 8.11. The lowest BCUT2D eigenvalue weighted by Gasteiger charge is -2.13. The van der Waals surface area contributed by atoms with Gasteiger partial charge in [0, 0.05) is 17.0 Å². The zero-order valence-corrected chi connectivity index (χ0v) is 15.2. The molecule has 26 heavy (non-hydrogen) atoms. The molecule has 3 aromatic rings. The van der Waals surface area contributed by atoms with Gasteiger partial charge in [0.15, 0.2) is 11.6 Å². The Hall–Kier alpha value is -2.71. The molecule has 1 heterocycles. The Bertz CT molecular complexity index is 939. The van der Waals surface area contributed by atoms with Gasteiger partial charge in [-0.25, -0.2) is 13.6 Å². The first-order valence-electron chi connectivity index (χ1n) is 7.52. The van der Waals surface area contributed by atoms with Crippen molar-refractivity contribution in [2.45, 2.75) is 0 Å². The number of nitrogens with one attached hydrogen (secondary N) is 3. The fraction of sp³-hybridized carbons (Fsp3) is 0.0588. The highest BCUT2D eigenvalue weighted by Crippen LogP contribution is 2.26. The summed E-state index contributed by atoms with van der Waals surface area (Å²) in [7, 11) is -1.26. The molecular weight excluding hydrogens is 377 g/mol. The summed E-state index contributed by atoms with van der Waals surface area (Å²) in [6.07, 6.45) is 2.58. The summed E-state index contributed by atoms with van der Waals surface area (Å²) in [6, 6.07) is 14.0. The van der Waals surface area contributed by atoms with Crippen molar-refractivity contribution < 1.29 is 8.60 Å². The highest BCUT2D eigenvalue weighted by atomic mass is 35.5. The minimum Gasteiger partial charge on any atom is -0.336 e. The van der Waals surface area contributed by atoms with Crippen LogP contribution in [-0.4, -0.2) is 20.4 Å². The standard InChI is InChI=1S/C17H15ClFN5OS/c1-26(25)24-15-5-3-2-4-14(15)22-16-13(19)10-20-17(23-16)21-12-8-6-11(18)7-9-12/h2-10,24H,1H3,(H2,20,21,22,23). The molecule has 0 spiro atoms. The number of para-hydroxylation sites is 2. The number of aromatic nitrogens is 2. The summed E-state index contributed by atoms with van der Waals surface area (Å²) in [5.41, 5.74) is 1.83. The van der Waals surface area contributed by atoms with Crippen LogP contribution in [0.1, 0.15) is 0 Å². The van der Waals surface area contributed by atoms with Gasteiger partial charge < -0.3 is 15.4 Å². The Morgan fingerprint density at radius 2 is 1.73 bits per heavy atom. The molecule has 0 amide bonds. The molecule has 2 aromatic carbocycles. The molecule has 0 fully saturated rings. The normalized spacial score (nSPS) is 11.7. The van der Waals surface area contributed by atoms with Gasteiger partial charge in [-0.15, -0.1) is 0 Å². The quantitative estimate of drug-likeness (QED) is 0.578. The molecule has 134 valence electrons. The Labute approximate surface area is 157 Å². The highest BCUT2D eigenvalue weighted by molar-refractivity contribution is 7.85. The predicted molar refractivity (Wildman–Crippen MR) is 104 cm³/mol. The molecule has 0 saturated carbocycles. The van der Waals surface area contributed by atoms with E-state index < -0.39 is 16.8 Å². The highest BCUT2D eigenvalue weighted by Gasteiger charge is 2.10. The molecule has 3 N–H and O–H groups in total. The van der Waals surface area contributed by atoms with Gasteiger partial charge in [0.05, 0.1) is 17.6 Å². The predicted octanol–water partition coefficient (Wildman–Crippen LogP) is 4.46. The maximum atomic E-state index is 14.1. The summed E-state index contributed by atoms with van der Waals surface area (Å²) in [6.45, 7) is 0. The van der Waals surface area contributed by atoms with Crippen LogP contribution in [-0.2, 0) is 11.0 Å². The van der Waals surface area contributed by atoms with Gasteiger partial charge in [0.25, 0.3) is 0 Å². The van der Waals surface area contributed by atoms with E-state index >= 15 is 0 Å². The van der Waals surface area contributed by atoms with E-state index in [1.54, 1.807) is 48.5 Å². The van der Waals surface area contributed by atoms with E-state index in [9.17, 15) is 8.60 Å². The topological polar surface area (TPSA) is 78.9 Å². The van der Waals surface area contributed by atoms with E-state index in [0.29, 0.717) is 16.4 Å². The lowest BCUT2D eigenvalue weighted by Crippen LogP contribution is -2.07. The third-order valence-electron chi connectivity index (χ3n) is 3.28. The number of rotatable bonds is 6. The fourth-order valence-corrected chi connectivity index (χ4v) is 2.75. The van der Waals surface area contributed by atoms with Crippen molar-refractivity contribution in [2.75, 3.05) is 21.6 Å². The van der Waals surface area contributed by atoms with Crippen LogP contribution >= 0.6 is 11.6 Å². The van der Waals surface area contributed by atoms with Crippen LogP contribution in [0, 0.1) is 5.82 Å². The lowest BCUT2D eigenvalue weighted by molar-refractivity contribution is 0.619. The van der Waals surface area contributed by atoms with Crippen LogP contribution in [0.4, 0.5) is 33.2 Å². The van der Waals surface area contributed by atoms with Crippen LogP contribution < -0.4 is 15.4 Å². The third-order valence-corrected chi connectivity index (χ3v) is 4.04. The molecule has 1 aromatic heterocycles. The van der Waals surface area contributed by atoms with Crippen LogP contribution in [0.5, 0.6) is 0 Å². The molecular formula is C17H15ClFN5OS. The average Bonchev–Trinajstić information content (AvgIpc) is 2.61. The van der Waals surface area contributed by atoms with E-state index in [4.69, 9.17) is 11.6 Å². The summed E-state index contributed by atoms with van der Waals surface area (Å²) >= 11 is 5.86. The first kappa shape index (κ1) is 18.1. The Morgan fingerprint density at radius 3 is 2.42 bits per heavy atom. The largest absolute Gasteiger partial charge is 0.336 e. The Kier molecular flexibility index (Phi) is 5.65. The van der Waals surface area contributed by atoms with Crippen molar-refractivity contribution >= 4 is 51.4 Å². The lowest BCUT2D eigenvalue weighted by atomic mass is 10.2. The number of nitrogens with zero attached hydrogens (tertiary/aromatic N) is 2. The molecule has 0 saturated heterocycles. The van der Waals surface area contributed by atoms with E-state index in [1.807, 2.05) is 0 Å². The average molecular weight is 392 g/mol. The molecule has 1 atom stereocenters. The first-order valence-corrected chi connectivity index (χ1v) is 9.46. The van der Waals surface area contributed by atoms with Gasteiger partial charge >= 0.3 is 0 Å². The fourth-order valence-electron chi connectivity index (χ4n) is 2.14. The molecule has 6 nitrogen and oxygen atoms in total. The summed E-state index contributed by atoms with van der Waals surface area (Å²) in [4.78, 5) is 8.10. The second-order valence-corrected chi connectivity index (χ2v) is 6.80. The number of benzene rings is 2. The minimum atomic E-state index is -1.26. The third kappa shape index (κ3) is 4.68. The van der Waals surface area contributed by atoms with Crippen LogP contribution in [0.3, 0.4) is 0 Å². The summed E-state index contributed by atoms with van der Waals surface area (Å²) in [5, 5.41) is 6.48. The van der Waals surface area contributed by atoms with Gasteiger partial charge in [-0.3, -0.25) is 0 Å². The number of hydrogen-bond acceptors (Lipinski definition) is 5. The Balaban J connectivity index is 1.84. The maximum Gasteiger partial charge on any atom is 0.229 e. The van der Waals surface area contributed by atoms with E-state index in [0.717, 1.165) is 11.9 Å². The van der Waals surface area contributed by atoms with Crippen molar-refractivity contribution in [1.29, 1.82) is 0 Å². The molecule has 9 heteroatoms. The molecule has 3 rings (SSSR count). The second-order valence-electron chi connectivity index (χ2n) is 5.25. The van der Waals surface area contributed by atoms with Gasteiger partial charge in [0.2, 0.25) is 5.95 Å². The summed E-state index contributed by atoms with van der Waals surface area (Å²) in [5.74, 6) is -0.396. The van der Waals surface area contributed by atoms with Gasteiger partial charge in [-0.2, -0.15) is 4.98 Å².